The lowest BCUT2D eigenvalue weighted by Crippen LogP contribution is -2.44. The van der Waals surface area contributed by atoms with Crippen molar-refractivity contribution in [1.29, 1.82) is 0 Å². The highest BCUT2D eigenvalue weighted by Gasteiger charge is 2.31. The Balaban J connectivity index is 2.53. The second-order valence-corrected chi connectivity index (χ2v) is 9.72. The van der Waals surface area contributed by atoms with E-state index in [0.29, 0.717) is 13.1 Å². The van der Waals surface area contributed by atoms with Crippen molar-refractivity contribution in [3.63, 3.8) is 0 Å². The Morgan fingerprint density at radius 2 is 1.63 bits per heavy atom. The summed E-state index contributed by atoms with van der Waals surface area (Å²) in [6.07, 6.45) is 6.20. The molecule has 0 aromatic heterocycles. The fraction of sp³-hybridized carbons (Fsp3) is 1.00. The van der Waals surface area contributed by atoms with Crippen LogP contribution in [0, 0.1) is 5.41 Å². The van der Waals surface area contributed by atoms with Crippen LogP contribution in [0.25, 0.3) is 0 Å². The van der Waals surface area contributed by atoms with E-state index in [1.165, 1.54) is 6.42 Å². The Hall–Kier alpha value is -0.180. The topological polar surface area (TPSA) is 106 Å². The van der Waals surface area contributed by atoms with Crippen molar-refractivity contribution >= 4 is 19.9 Å². The van der Waals surface area contributed by atoms with Crippen molar-refractivity contribution in [2.45, 2.75) is 32.1 Å². The summed E-state index contributed by atoms with van der Waals surface area (Å²) >= 11 is 0. The zero-order valence-corrected chi connectivity index (χ0v) is 13.0. The number of hydrogen-bond acceptors (Lipinski definition) is 5. The molecule has 0 spiro atoms. The quantitative estimate of drug-likeness (QED) is 0.680. The van der Waals surface area contributed by atoms with Gasteiger partial charge in [-0.3, -0.25) is 0 Å². The van der Waals surface area contributed by atoms with E-state index >= 15 is 0 Å². The average molecular weight is 312 g/mol. The van der Waals surface area contributed by atoms with Gasteiger partial charge in [0.25, 0.3) is 0 Å². The monoisotopic (exact) mass is 312 g/mol. The van der Waals surface area contributed by atoms with Crippen LogP contribution >= 0.6 is 0 Å². The van der Waals surface area contributed by atoms with E-state index in [4.69, 9.17) is 5.73 Å². The van der Waals surface area contributed by atoms with E-state index in [1.807, 2.05) is 0 Å². The summed E-state index contributed by atoms with van der Waals surface area (Å²) in [7, 11) is -6.81. The van der Waals surface area contributed by atoms with Crippen molar-refractivity contribution in [2.75, 3.05) is 30.9 Å². The molecule has 1 saturated carbocycles. The fourth-order valence-corrected chi connectivity index (χ4v) is 5.11. The highest BCUT2D eigenvalue weighted by Crippen LogP contribution is 2.34. The molecular weight excluding hydrogens is 288 g/mol. The second kappa shape index (κ2) is 6.51. The first-order chi connectivity index (χ1) is 8.68. The Morgan fingerprint density at radius 3 is 2.11 bits per heavy atom. The SMILES string of the molecule is CS(=O)(=O)CCS(=O)(=O)NCC1(CN)CCCCC1. The molecule has 1 rings (SSSR count). The molecule has 0 unspecified atom stereocenters. The molecule has 0 aliphatic heterocycles. The Kier molecular flexibility index (Phi) is 5.78. The molecule has 8 heteroatoms. The smallest absolute Gasteiger partial charge is 0.212 e. The van der Waals surface area contributed by atoms with Crippen LogP contribution in [0.15, 0.2) is 0 Å². The Morgan fingerprint density at radius 1 is 1.05 bits per heavy atom. The molecule has 0 aromatic carbocycles. The minimum Gasteiger partial charge on any atom is -0.330 e. The summed E-state index contributed by atoms with van der Waals surface area (Å²) in [5.74, 6) is -0.732. The fourth-order valence-electron chi connectivity index (χ4n) is 2.35. The number of sulfonamides is 1. The summed E-state index contributed by atoms with van der Waals surface area (Å²) in [5.41, 5.74) is 5.62. The van der Waals surface area contributed by atoms with Gasteiger partial charge < -0.3 is 5.73 Å². The summed E-state index contributed by atoms with van der Waals surface area (Å²) in [6, 6.07) is 0. The van der Waals surface area contributed by atoms with E-state index in [0.717, 1.165) is 31.9 Å². The Labute approximate surface area is 116 Å². The van der Waals surface area contributed by atoms with Gasteiger partial charge >= 0.3 is 0 Å². The molecule has 3 N–H and O–H groups in total. The van der Waals surface area contributed by atoms with Gasteiger partial charge in [0, 0.05) is 12.8 Å². The van der Waals surface area contributed by atoms with Gasteiger partial charge in [0.05, 0.1) is 11.5 Å². The first-order valence-electron chi connectivity index (χ1n) is 6.53. The summed E-state index contributed by atoms with van der Waals surface area (Å²) in [4.78, 5) is 0. The lowest BCUT2D eigenvalue weighted by molar-refractivity contribution is 0.202. The van der Waals surface area contributed by atoms with Crippen LogP contribution in [0.1, 0.15) is 32.1 Å². The van der Waals surface area contributed by atoms with Gasteiger partial charge in [0.15, 0.2) is 0 Å². The number of hydrogen-bond donors (Lipinski definition) is 2. The molecule has 0 saturated heterocycles. The molecular formula is C11H24N2O4S2. The zero-order valence-electron chi connectivity index (χ0n) is 11.4. The molecule has 0 aromatic rings. The first kappa shape index (κ1) is 16.9. The van der Waals surface area contributed by atoms with Crippen molar-refractivity contribution in [1.82, 2.24) is 4.72 Å². The third kappa shape index (κ3) is 6.20. The molecule has 0 bridgehead atoms. The maximum atomic E-state index is 11.8. The summed E-state index contributed by atoms with van der Waals surface area (Å²) in [6.45, 7) is 0.775. The van der Waals surface area contributed by atoms with E-state index in [9.17, 15) is 16.8 Å². The van der Waals surface area contributed by atoms with Crippen LogP contribution in [0.5, 0.6) is 0 Å². The molecule has 1 fully saturated rings. The molecule has 114 valence electrons. The predicted molar refractivity (Wildman–Crippen MR) is 76.1 cm³/mol. The molecule has 6 nitrogen and oxygen atoms in total. The third-order valence-corrected chi connectivity index (χ3v) is 6.27. The number of rotatable bonds is 7. The lowest BCUT2D eigenvalue weighted by atomic mass is 9.74. The van der Waals surface area contributed by atoms with Gasteiger partial charge in [-0.15, -0.1) is 0 Å². The summed E-state index contributed by atoms with van der Waals surface area (Å²) in [5, 5.41) is 0. The largest absolute Gasteiger partial charge is 0.330 e. The normalized spacial score (nSPS) is 20.3. The number of nitrogens with two attached hydrogens (primary N) is 1. The minimum atomic E-state index is -3.55. The minimum absolute atomic E-state index is 0.156. The number of sulfone groups is 1. The highest BCUT2D eigenvalue weighted by atomic mass is 32.2. The predicted octanol–water partition coefficient (Wildman–Crippen LogP) is -0.140. The standard InChI is InChI=1S/C11H24N2O4S2/c1-18(14,15)7-8-19(16,17)13-10-11(9-12)5-3-2-4-6-11/h13H,2-10,12H2,1H3. The zero-order chi connectivity index (χ0) is 14.6. The van der Waals surface area contributed by atoms with Crippen LogP contribution in [0.3, 0.4) is 0 Å². The molecule has 0 amide bonds. The lowest BCUT2D eigenvalue weighted by Gasteiger charge is -2.36. The maximum absolute atomic E-state index is 11.8. The average Bonchev–Trinajstić information content (AvgIpc) is 2.35. The Bertz CT molecular complexity index is 479. The van der Waals surface area contributed by atoms with Crippen molar-refractivity contribution in [3.05, 3.63) is 0 Å². The van der Waals surface area contributed by atoms with Crippen LogP contribution in [-0.2, 0) is 19.9 Å². The van der Waals surface area contributed by atoms with Crippen LogP contribution in [0.2, 0.25) is 0 Å². The van der Waals surface area contributed by atoms with Gasteiger partial charge in [0.1, 0.15) is 9.84 Å². The van der Waals surface area contributed by atoms with Crippen LogP contribution < -0.4 is 10.5 Å². The van der Waals surface area contributed by atoms with E-state index in [1.54, 1.807) is 0 Å². The third-order valence-electron chi connectivity index (χ3n) is 3.74. The van der Waals surface area contributed by atoms with Gasteiger partial charge in [0.2, 0.25) is 10.0 Å². The van der Waals surface area contributed by atoms with Gasteiger partial charge in [-0.2, -0.15) is 0 Å². The van der Waals surface area contributed by atoms with Crippen molar-refractivity contribution in [2.24, 2.45) is 11.1 Å². The van der Waals surface area contributed by atoms with E-state index < -0.39 is 19.9 Å². The van der Waals surface area contributed by atoms with E-state index in [-0.39, 0.29) is 16.9 Å². The van der Waals surface area contributed by atoms with Crippen molar-refractivity contribution < 1.29 is 16.8 Å². The molecule has 1 aliphatic rings. The molecule has 0 radical (unpaired) electrons. The highest BCUT2D eigenvalue weighted by molar-refractivity contribution is 7.93. The van der Waals surface area contributed by atoms with Gasteiger partial charge in [-0.25, -0.2) is 21.6 Å². The van der Waals surface area contributed by atoms with Gasteiger partial charge in [-0.1, -0.05) is 19.3 Å². The molecule has 1 aliphatic carbocycles. The molecule has 0 atom stereocenters. The first-order valence-corrected chi connectivity index (χ1v) is 10.2. The second-order valence-electron chi connectivity index (χ2n) is 5.53. The number of nitrogens with one attached hydrogen (secondary N) is 1. The van der Waals surface area contributed by atoms with E-state index in [2.05, 4.69) is 4.72 Å². The maximum Gasteiger partial charge on any atom is 0.212 e. The molecule has 0 heterocycles. The van der Waals surface area contributed by atoms with Crippen LogP contribution in [0.4, 0.5) is 0 Å². The van der Waals surface area contributed by atoms with Crippen molar-refractivity contribution in [3.8, 4) is 0 Å². The molecule has 19 heavy (non-hydrogen) atoms. The summed E-state index contributed by atoms with van der Waals surface area (Å²) < 4.78 is 48.0. The van der Waals surface area contributed by atoms with Crippen LogP contribution in [-0.4, -0.2) is 47.7 Å². The van der Waals surface area contributed by atoms with Gasteiger partial charge in [-0.05, 0) is 24.8 Å².